The molecule has 1 amide bonds. The first kappa shape index (κ1) is 20.4. The van der Waals surface area contributed by atoms with Crippen LogP contribution in [0.15, 0.2) is 70.0 Å². The van der Waals surface area contributed by atoms with Gasteiger partial charge in [-0.1, -0.05) is 30.3 Å². The fourth-order valence-electron chi connectivity index (χ4n) is 4.34. The molecular weight excluding hydrogens is 476 g/mol. The van der Waals surface area contributed by atoms with Gasteiger partial charge in [0.15, 0.2) is 0 Å². The molecular formula is C24H21BrN2O3S. The Morgan fingerprint density at radius 3 is 2.45 bits per heavy atom. The summed E-state index contributed by atoms with van der Waals surface area (Å²) in [5.41, 5.74) is 5.86. The molecule has 3 aromatic rings. The Morgan fingerprint density at radius 2 is 1.65 bits per heavy atom. The second-order valence-corrected chi connectivity index (χ2v) is 10.7. The topological polar surface area (TPSA) is 66.5 Å². The molecule has 2 aliphatic rings. The van der Waals surface area contributed by atoms with Crippen LogP contribution in [-0.4, -0.2) is 31.7 Å². The minimum absolute atomic E-state index is 0.146. The van der Waals surface area contributed by atoms with Crippen LogP contribution in [0.4, 0.5) is 5.69 Å². The zero-order chi connectivity index (χ0) is 21.6. The van der Waals surface area contributed by atoms with Crippen LogP contribution in [0.25, 0.3) is 11.1 Å². The predicted octanol–water partition coefficient (Wildman–Crippen LogP) is 5.06. The van der Waals surface area contributed by atoms with Gasteiger partial charge >= 0.3 is 0 Å². The molecule has 0 saturated carbocycles. The van der Waals surface area contributed by atoms with Gasteiger partial charge in [0.2, 0.25) is 10.0 Å². The van der Waals surface area contributed by atoms with Gasteiger partial charge in [-0.15, -0.1) is 0 Å². The van der Waals surface area contributed by atoms with Crippen molar-refractivity contribution in [1.29, 1.82) is 0 Å². The predicted molar refractivity (Wildman–Crippen MR) is 125 cm³/mol. The van der Waals surface area contributed by atoms with Gasteiger partial charge in [-0.3, -0.25) is 4.79 Å². The monoisotopic (exact) mass is 496 g/mol. The first-order valence-electron chi connectivity index (χ1n) is 10.3. The quantitative estimate of drug-likeness (QED) is 0.429. The minimum atomic E-state index is -3.59. The molecule has 1 heterocycles. The second-order valence-electron chi connectivity index (χ2n) is 7.91. The summed E-state index contributed by atoms with van der Waals surface area (Å²) in [5.74, 6) is -0.346. The molecule has 0 bridgehead atoms. The van der Waals surface area contributed by atoms with Crippen molar-refractivity contribution in [2.75, 3.05) is 18.4 Å². The Labute approximate surface area is 190 Å². The fraction of sp³-hybridized carbons (Fsp3) is 0.208. The minimum Gasteiger partial charge on any atom is -0.322 e. The van der Waals surface area contributed by atoms with Crippen LogP contribution in [0, 0.1) is 0 Å². The number of sulfonamides is 1. The molecule has 158 valence electrons. The van der Waals surface area contributed by atoms with Crippen LogP contribution in [-0.2, 0) is 16.4 Å². The summed E-state index contributed by atoms with van der Waals surface area (Å²) >= 11 is 3.39. The van der Waals surface area contributed by atoms with E-state index in [1.165, 1.54) is 32.6 Å². The lowest BCUT2D eigenvalue weighted by atomic mass is 10.1. The van der Waals surface area contributed by atoms with Crippen LogP contribution in [0.1, 0.15) is 34.3 Å². The summed E-state index contributed by atoms with van der Waals surface area (Å²) in [6.45, 7) is 1.05. The van der Waals surface area contributed by atoms with E-state index < -0.39 is 10.0 Å². The lowest BCUT2D eigenvalue weighted by Gasteiger charge is -2.16. The molecule has 0 radical (unpaired) electrons. The van der Waals surface area contributed by atoms with E-state index in [1.807, 2.05) is 30.3 Å². The highest BCUT2D eigenvalue weighted by atomic mass is 79.9. The van der Waals surface area contributed by atoms with Crippen molar-refractivity contribution in [2.24, 2.45) is 0 Å². The van der Waals surface area contributed by atoms with E-state index in [4.69, 9.17) is 0 Å². The highest BCUT2D eigenvalue weighted by molar-refractivity contribution is 9.10. The number of fused-ring (bicyclic) bond motifs is 3. The van der Waals surface area contributed by atoms with Crippen LogP contribution >= 0.6 is 15.9 Å². The maximum absolute atomic E-state index is 13.0. The van der Waals surface area contributed by atoms with Crippen LogP contribution < -0.4 is 5.32 Å². The molecule has 3 aromatic carbocycles. The van der Waals surface area contributed by atoms with Crippen LogP contribution in [0.5, 0.6) is 0 Å². The maximum atomic E-state index is 13.0. The average Bonchev–Trinajstić information content (AvgIpc) is 3.42. The van der Waals surface area contributed by atoms with Gasteiger partial charge in [0.25, 0.3) is 5.91 Å². The number of halogens is 1. The molecule has 0 spiro atoms. The zero-order valence-electron chi connectivity index (χ0n) is 16.8. The maximum Gasteiger partial charge on any atom is 0.256 e. The largest absolute Gasteiger partial charge is 0.322 e. The molecule has 0 aromatic heterocycles. The number of amides is 1. The summed E-state index contributed by atoms with van der Waals surface area (Å²) in [6, 6.07) is 18.8. The highest BCUT2D eigenvalue weighted by Gasteiger charge is 2.28. The molecule has 5 nitrogen and oxygen atoms in total. The van der Waals surface area contributed by atoms with Gasteiger partial charge in [0.05, 0.1) is 10.5 Å². The zero-order valence-corrected chi connectivity index (χ0v) is 19.2. The average molecular weight is 497 g/mol. The Morgan fingerprint density at radius 1 is 0.903 bits per heavy atom. The van der Waals surface area contributed by atoms with Crippen molar-refractivity contribution in [3.05, 3.63) is 81.8 Å². The van der Waals surface area contributed by atoms with E-state index in [2.05, 4.69) is 33.4 Å². The first-order valence-corrected chi connectivity index (χ1v) is 12.5. The first-order chi connectivity index (χ1) is 14.9. The van der Waals surface area contributed by atoms with Crippen molar-refractivity contribution in [2.45, 2.75) is 24.2 Å². The van der Waals surface area contributed by atoms with E-state index in [9.17, 15) is 13.2 Å². The summed E-state index contributed by atoms with van der Waals surface area (Å²) in [6.07, 6.45) is 2.57. The van der Waals surface area contributed by atoms with Crippen LogP contribution in [0.2, 0.25) is 0 Å². The number of benzene rings is 3. The van der Waals surface area contributed by atoms with Crippen molar-refractivity contribution < 1.29 is 13.2 Å². The summed E-state index contributed by atoms with van der Waals surface area (Å²) in [7, 11) is -3.59. The Balaban J connectivity index is 1.41. The molecule has 31 heavy (non-hydrogen) atoms. The lowest BCUT2D eigenvalue weighted by molar-refractivity contribution is 0.102. The molecule has 1 saturated heterocycles. The Kier molecular flexibility index (Phi) is 5.20. The SMILES string of the molecule is O=C(Nc1ccc2c(c1)Cc1ccccc1-2)c1cc(S(=O)(=O)N2CCCC2)ccc1Br. The smallest absolute Gasteiger partial charge is 0.256 e. The van der Waals surface area contributed by atoms with Crippen molar-refractivity contribution in [3.63, 3.8) is 0 Å². The molecule has 1 N–H and O–H groups in total. The normalized spacial score (nSPS) is 15.5. The summed E-state index contributed by atoms with van der Waals surface area (Å²) in [5, 5.41) is 2.93. The third-order valence-corrected chi connectivity index (χ3v) is 8.52. The number of carbonyl (C=O) groups is 1. The molecule has 0 atom stereocenters. The molecule has 0 unspecified atom stereocenters. The molecule has 1 aliphatic carbocycles. The number of nitrogens with zero attached hydrogens (tertiary/aromatic N) is 1. The number of rotatable bonds is 4. The van der Waals surface area contributed by atoms with E-state index >= 15 is 0 Å². The summed E-state index contributed by atoms with van der Waals surface area (Å²) < 4.78 is 27.8. The number of anilines is 1. The highest BCUT2D eigenvalue weighted by Crippen LogP contribution is 2.37. The van der Waals surface area contributed by atoms with E-state index in [1.54, 1.807) is 12.1 Å². The van der Waals surface area contributed by atoms with Gasteiger partial charge < -0.3 is 5.32 Å². The standard InChI is InChI=1S/C24H21BrN2O3S/c25-23-10-8-19(31(29,30)27-11-3-4-12-27)15-22(23)24(28)26-18-7-9-21-17(14-18)13-16-5-1-2-6-20(16)21/h1-2,5-10,14-15H,3-4,11-13H2,(H,26,28). The summed E-state index contributed by atoms with van der Waals surface area (Å²) in [4.78, 5) is 13.1. The third-order valence-electron chi connectivity index (χ3n) is 5.94. The van der Waals surface area contributed by atoms with Gasteiger partial charge in [0.1, 0.15) is 0 Å². The number of nitrogens with one attached hydrogen (secondary N) is 1. The van der Waals surface area contributed by atoms with Crippen molar-refractivity contribution in [1.82, 2.24) is 4.31 Å². The fourth-order valence-corrected chi connectivity index (χ4v) is 6.31. The molecule has 7 heteroatoms. The Hall–Kier alpha value is -2.48. The van der Waals surface area contributed by atoms with Crippen molar-refractivity contribution in [3.8, 4) is 11.1 Å². The van der Waals surface area contributed by atoms with Gasteiger partial charge in [-0.25, -0.2) is 8.42 Å². The van der Waals surface area contributed by atoms with Gasteiger partial charge in [-0.05, 0) is 87.8 Å². The lowest BCUT2D eigenvalue weighted by Crippen LogP contribution is -2.28. The van der Waals surface area contributed by atoms with Gasteiger partial charge in [0, 0.05) is 23.2 Å². The van der Waals surface area contributed by atoms with Crippen LogP contribution in [0.3, 0.4) is 0 Å². The van der Waals surface area contributed by atoms with Crippen molar-refractivity contribution >= 4 is 37.5 Å². The van der Waals surface area contributed by atoms with E-state index in [0.717, 1.165) is 19.3 Å². The molecule has 1 aliphatic heterocycles. The second kappa shape index (κ2) is 7.89. The number of hydrogen-bond donors (Lipinski definition) is 1. The third kappa shape index (κ3) is 3.71. The number of hydrogen-bond acceptors (Lipinski definition) is 3. The van der Waals surface area contributed by atoms with Gasteiger partial charge in [-0.2, -0.15) is 4.31 Å². The van der Waals surface area contributed by atoms with E-state index in [-0.39, 0.29) is 10.8 Å². The van der Waals surface area contributed by atoms with E-state index in [0.29, 0.717) is 28.8 Å². The molecule has 5 rings (SSSR count). The molecule has 1 fully saturated rings. The number of carbonyl (C=O) groups excluding carboxylic acids is 1. The Bertz CT molecular complexity index is 1300.